The quantitative estimate of drug-likeness (QED) is 0.587. The molecule has 3 heterocycles. The Morgan fingerprint density at radius 1 is 1.11 bits per heavy atom. The topological polar surface area (TPSA) is 78.4 Å². The number of methoxy groups -OCH3 is 1. The number of rotatable bonds is 9. The normalized spacial score (nSPS) is 22.9. The van der Waals surface area contributed by atoms with Gasteiger partial charge in [-0.05, 0) is 50.6 Å². The maximum Gasteiger partial charge on any atom is 0.254 e. The number of carbonyl (C=O) groups is 1. The number of ether oxygens (including phenoxy) is 2. The molecule has 0 aliphatic carbocycles. The Balaban J connectivity index is 1.24. The second-order valence-electron chi connectivity index (χ2n) is 9.47. The lowest BCUT2D eigenvalue weighted by Gasteiger charge is -2.40. The van der Waals surface area contributed by atoms with Crippen molar-refractivity contribution in [3.63, 3.8) is 0 Å². The Morgan fingerprint density at radius 2 is 1.89 bits per heavy atom. The highest BCUT2D eigenvalue weighted by Crippen LogP contribution is 2.29. The zero-order valence-electron chi connectivity index (χ0n) is 20.9. The first kappa shape index (κ1) is 25.4. The number of aliphatic hydroxyl groups is 1. The number of hydrogen-bond donors (Lipinski definition) is 1. The second kappa shape index (κ2) is 12.3. The van der Waals surface area contributed by atoms with Crippen molar-refractivity contribution < 1.29 is 19.4 Å². The minimum Gasteiger partial charge on any atom is -0.495 e. The third-order valence-electron chi connectivity index (χ3n) is 7.04. The molecule has 8 heteroatoms. The number of likely N-dealkylation sites (N-methyl/N-ethyl adjacent to an activating group) is 1. The first-order valence-electron chi connectivity index (χ1n) is 12.6. The minimum atomic E-state index is -0.773. The van der Waals surface area contributed by atoms with Gasteiger partial charge in [-0.3, -0.25) is 9.78 Å². The Hall–Kier alpha value is -2.68. The molecular formula is C27H38N4O4. The lowest BCUT2D eigenvalue weighted by molar-refractivity contribution is -0.168. The van der Waals surface area contributed by atoms with Crippen LogP contribution in [0.5, 0.6) is 5.75 Å². The number of aromatic nitrogens is 1. The van der Waals surface area contributed by atoms with Crippen LogP contribution in [0.3, 0.4) is 0 Å². The highest BCUT2D eigenvalue weighted by molar-refractivity contribution is 5.82. The second-order valence-corrected chi connectivity index (χ2v) is 9.47. The predicted molar refractivity (Wildman–Crippen MR) is 136 cm³/mol. The molecule has 1 N–H and O–H groups in total. The fraction of sp³-hybridized carbons (Fsp3) is 0.556. The van der Waals surface area contributed by atoms with E-state index in [-0.39, 0.29) is 12.0 Å². The van der Waals surface area contributed by atoms with E-state index in [1.807, 2.05) is 53.6 Å². The predicted octanol–water partition coefficient (Wildman–Crippen LogP) is 2.21. The zero-order chi connectivity index (χ0) is 24.6. The van der Waals surface area contributed by atoms with Gasteiger partial charge in [0.05, 0.1) is 25.0 Å². The van der Waals surface area contributed by atoms with Crippen LogP contribution >= 0.6 is 0 Å². The van der Waals surface area contributed by atoms with Crippen LogP contribution in [0.15, 0.2) is 48.7 Å². The van der Waals surface area contributed by atoms with Crippen LogP contribution in [0.4, 0.5) is 5.69 Å². The molecule has 0 saturated carbocycles. The summed E-state index contributed by atoms with van der Waals surface area (Å²) in [6.07, 6.45) is 3.42. The van der Waals surface area contributed by atoms with Crippen LogP contribution in [0.1, 0.15) is 25.0 Å². The molecule has 2 aliphatic rings. The van der Waals surface area contributed by atoms with E-state index in [1.165, 1.54) is 0 Å². The summed E-state index contributed by atoms with van der Waals surface area (Å²) in [5.41, 5.74) is 2.14. The molecule has 2 aliphatic heterocycles. The van der Waals surface area contributed by atoms with E-state index in [4.69, 9.17) is 9.47 Å². The number of hydrogen-bond acceptors (Lipinski definition) is 7. The van der Waals surface area contributed by atoms with Gasteiger partial charge in [0.1, 0.15) is 5.75 Å². The van der Waals surface area contributed by atoms with Crippen molar-refractivity contribution in [2.24, 2.45) is 0 Å². The Kier molecular flexibility index (Phi) is 8.95. The van der Waals surface area contributed by atoms with E-state index in [9.17, 15) is 9.90 Å². The Morgan fingerprint density at radius 3 is 2.63 bits per heavy atom. The maximum atomic E-state index is 13.3. The SMILES string of the molecule is COc1ccccc1N1CCN(C(=O)[C@H]2O[C@H](CCN(C)CCc3ccccn3)CC[C@@H]2O)CC1. The van der Waals surface area contributed by atoms with Gasteiger partial charge < -0.3 is 29.3 Å². The Labute approximate surface area is 208 Å². The number of aliphatic hydroxyl groups excluding tert-OH is 1. The molecule has 35 heavy (non-hydrogen) atoms. The molecule has 0 spiro atoms. The van der Waals surface area contributed by atoms with Crippen LogP contribution < -0.4 is 9.64 Å². The number of pyridine rings is 1. The van der Waals surface area contributed by atoms with Crippen LogP contribution in [0, 0.1) is 0 Å². The molecule has 2 saturated heterocycles. The van der Waals surface area contributed by atoms with Crippen LogP contribution in [0.2, 0.25) is 0 Å². The number of piperazine rings is 1. The van der Waals surface area contributed by atoms with Crippen molar-refractivity contribution in [3.05, 3.63) is 54.4 Å². The average Bonchev–Trinajstić information content (AvgIpc) is 2.91. The van der Waals surface area contributed by atoms with Gasteiger partial charge in [-0.25, -0.2) is 0 Å². The summed E-state index contributed by atoms with van der Waals surface area (Å²) < 4.78 is 11.7. The summed E-state index contributed by atoms with van der Waals surface area (Å²) in [6.45, 7) is 4.45. The van der Waals surface area contributed by atoms with Gasteiger partial charge in [-0.1, -0.05) is 18.2 Å². The Bertz CT molecular complexity index is 936. The molecule has 2 aromatic rings. The molecule has 0 bridgehead atoms. The van der Waals surface area contributed by atoms with Gasteiger partial charge in [0.25, 0.3) is 5.91 Å². The van der Waals surface area contributed by atoms with Crippen molar-refractivity contribution in [1.29, 1.82) is 0 Å². The number of amides is 1. The van der Waals surface area contributed by atoms with Gasteiger partial charge >= 0.3 is 0 Å². The summed E-state index contributed by atoms with van der Waals surface area (Å²) in [4.78, 5) is 24.0. The molecule has 4 rings (SSSR count). The van der Waals surface area contributed by atoms with Crippen molar-refractivity contribution >= 4 is 11.6 Å². The van der Waals surface area contributed by atoms with Gasteiger partial charge in [0.15, 0.2) is 6.10 Å². The molecule has 8 nitrogen and oxygen atoms in total. The molecule has 1 aromatic heterocycles. The largest absolute Gasteiger partial charge is 0.495 e. The number of para-hydroxylation sites is 2. The van der Waals surface area contributed by atoms with E-state index < -0.39 is 12.2 Å². The van der Waals surface area contributed by atoms with Gasteiger partial charge in [-0.15, -0.1) is 0 Å². The summed E-state index contributed by atoms with van der Waals surface area (Å²) in [5.74, 6) is 0.747. The van der Waals surface area contributed by atoms with E-state index >= 15 is 0 Å². The number of benzene rings is 1. The van der Waals surface area contributed by atoms with E-state index in [2.05, 4.69) is 21.8 Å². The molecule has 1 aromatic carbocycles. The van der Waals surface area contributed by atoms with Crippen LogP contribution in [-0.4, -0.2) is 97.5 Å². The van der Waals surface area contributed by atoms with Gasteiger partial charge in [-0.2, -0.15) is 0 Å². The number of nitrogens with zero attached hydrogens (tertiary/aromatic N) is 4. The molecule has 1 amide bonds. The van der Waals surface area contributed by atoms with Crippen LogP contribution in [-0.2, 0) is 16.0 Å². The molecule has 3 atom stereocenters. The smallest absolute Gasteiger partial charge is 0.254 e. The van der Waals surface area contributed by atoms with Gasteiger partial charge in [0, 0.05) is 57.6 Å². The van der Waals surface area contributed by atoms with Gasteiger partial charge in [0.2, 0.25) is 0 Å². The van der Waals surface area contributed by atoms with Crippen molar-refractivity contribution in [2.75, 3.05) is 58.3 Å². The number of anilines is 1. The van der Waals surface area contributed by atoms with E-state index in [0.29, 0.717) is 19.5 Å². The van der Waals surface area contributed by atoms with Crippen molar-refractivity contribution in [2.45, 2.75) is 44.0 Å². The molecule has 0 radical (unpaired) electrons. The first-order valence-corrected chi connectivity index (χ1v) is 12.6. The lowest BCUT2D eigenvalue weighted by atomic mass is 9.98. The number of carbonyl (C=O) groups excluding carboxylic acids is 1. The van der Waals surface area contributed by atoms with E-state index in [0.717, 1.165) is 62.6 Å². The summed E-state index contributed by atoms with van der Waals surface area (Å²) in [6, 6.07) is 13.9. The van der Waals surface area contributed by atoms with E-state index in [1.54, 1.807) is 7.11 Å². The highest BCUT2D eigenvalue weighted by atomic mass is 16.5. The maximum absolute atomic E-state index is 13.3. The minimum absolute atomic E-state index is 0.0143. The monoisotopic (exact) mass is 482 g/mol. The lowest BCUT2D eigenvalue weighted by Crippen LogP contribution is -2.56. The fourth-order valence-corrected chi connectivity index (χ4v) is 4.88. The molecule has 0 unspecified atom stereocenters. The third-order valence-corrected chi connectivity index (χ3v) is 7.04. The summed E-state index contributed by atoms with van der Waals surface area (Å²) in [5, 5.41) is 10.6. The van der Waals surface area contributed by atoms with Crippen LogP contribution in [0.25, 0.3) is 0 Å². The molecule has 2 fully saturated rings. The third kappa shape index (κ3) is 6.72. The standard InChI is InChI=1S/C27H38N4O4/c1-29(15-12-21-7-5-6-14-28-21)16-13-22-10-11-24(32)26(35-22)27(33)31-19-17-30(18-20-31)23-8-3-4-9-25(23)34-2/h3-9,14,22,24,26,32H,10-13,15-20H2,1-2H3/t22-,24-,26-/m0/s1. The highest BCUT2D eigenvalue weighted by Gasteiger charge is 2.38. The molecular weight excluding hydrogens is 444 g/mol. The summed E-state index contributed by atoms with van der Waals surface area (Å²) >= 11 is 0. The van der Waals surface area contributed by atoms with Crippen molar-refractivity contribution in [1.82, 2.24) is 14.8 Å². The first-order chi connectivity index (χ1) is 17.0. The average molecular weight is 483 g/mol. The fourth-order valence-electron chi connectivity index (χ4n) is 4.88. The van der Waals surface area contributed by atoms with Crippen molar-refractivity contribution in [3.8, 4) is 5.75 Å². The molecule has 190 valence electrons. The zero-order valence-corrected chi connectivity index (χ0v) is 20.9. The summed E-state index contributed by atoms with van der Waals surface area (Å²) in [7, 11) is 3.78.